The van der Waals surface area contributed by atoms with Crippen molar-refractivity contribution in [3.05, 3.63) is 60.2 Å². The highest BCUT2D eigenvalue weighted by Gasteiger charge is 2.28. The molecule has 0 bridgehead atoms. The molecule has 29 heavy (non-hydrogen) atoms. The Bertz CT molecular complexity index is 995. The molecule has 5 rings (SSSR count). The van der Waals surface area contributed by atoms with Crippen LogP contribution < -0.4 is 9.80 Å². The zero-order valence-electron chi connectivity index (χ0n) is 16.2. The van der Waals surface area contributed by atoms with Crippen molar-refractivity contribution in [1.82, 2.24) is 25.1 Å². The van der Waals surface area contributed by atoms with E-state index in [2.05, 4.69) is 31.4 Å². The van der Waals surface area contributed by atoms with Gasteiger partial charge in [-0.25, -0.2) is 0 Å². The van der Waals surface area contributed by atoms with E-state index in [-0.39, 0.29) is 5.91 Å². The summed E-state index contributed by atoms with van der Waals surface area (Å²) in [6.07, 6.45) is 0.942. The van der Waals surface area contributed by atoms with E-state index in [0.29, 0.717) is 6.54 Å². The van der Waals surface area contributed by atoms with Crippen molar-refractivity contribution in [2.24, 2.45) is 0 Å². The van der Waals surface area contributed by atoms with Gasteiger partial charge in [0, 0.05) is 38.4 Å². The highest BCUT2D eigenvalue weighted by atomic mass is 16.2. The molecule has 1 aromatic heterocycles. The van der Waals surface area contributed by atoms with Gasteiger partial charge in [-0.3, -0.25) is 9.69 Å². The molecule has 0 aliphatic carbocycles. The number of carbonyl (C=O) groups is 1. The van der Waals surface area contributed by atoms with Crippen LogP contribution in [0.5, 0.6) is 0 Å². The van der Waals surface area contributed by atoms with Crippen molar-refractivity contribution in [1.29, 1.82) is 0 Å². The Morgan fingerprint density at radius 2 is 1.66 bits per heavy atom. The number of fused-ring (bicyclic) bond motifs is 1. The average Bonchev–Trinajstić information content (AvgIpc) is 3.42. The molecule has 8 nitrogen and oxygen atoms in total. The van der Waals surface area contributed by atoms with Crippen LogP contribution in [-0.4, -0.2) is 70.3 Å². The maximum absolute atomic E-state index is 12.9. The van der Waals surface area contributed by atoms with Crippen LogP contribution in [0.4, 0.5) is 11.6 Å². The van der Waals surface area contributed by atoms with Crippen LogP contribution in [0.15, 0.2) is 54.6 Å². The first-order valence-electron chi connectivity index (χ1n) is 9.99. The minimum absolute atomic E-state index is 0.178. The van der Waals surface area contributed by atoms with E-state index in [4.69, 9.17) is 0 Å². The maximum atomic E-state index is 12.9. The molecule has 0 saturated carbocycles. The lowest BCUT2D eigenvalue weighted by Crippen LogP contribution is -2.50. The Hall–Kier alpha value is -3.26. The maximum Gasteiger partial charge on any atom is 0.250 e. The van der Waals surface area contributed by atoms with Crippen LogP contribution in [0.3, 0.4) is 0 Å². The molecule has 2 aliphatic rings. The van der Waals surface area contributed by atoms with Crippen LogP contribution in [0, 0.1) is 0 Å². The third-order valence-corrected chi connectivity index (χ3v) is 5.66. The summed E-state index contributed by atoms with van der Waals surface area (Å²) in [5.41, 5.74) is 3.27. The Balaban J connectivity index is 1.21. The molecular formula is C21H23N7O. The van der Waals surface area contributed by atoms with Gasteiger partial charge in [-0.2, -0.15) is 4.68 Å². The van der Waals surface area contributed by atoms with Gasteiger partial charge >= 0.3 is 0 Å². The van der Waals surface area contributed by atoms with Crippen molar-refractivity contribution in [2.45, 2.75) is 6.42 Å². The fraction of sp³-hybridized carbons (Fsp3) is 0.333. The van der Waals surface area contributed by atoms with Crippen molar-refractivity contribution in [3.63, 3.8) is 0 Å². The van der Waals surface area contributed by atoms with Gasteiger partial charge in [-0.15, -0.1) is 0 Å². The van der Waals surface area contributed by atoms with Gasteiger partial charge < -0.3 is 9.80 Å². The molecule has 0 atom stereocenters. The van der Waals surface area contributed by atoms with E-state index in [9.17, 15) is 4.79 Å². The second-order valence-electron chi connectivity index (χ2n) is 7.41. The Labute approximate surface area is 169 Å². The smallest absolute Gasteiger partial charge is 0.250 e. The van der Waals surface area contributed by atoms with E-state index >= 15 is 0 Å². The van der Waals surface area contributed by atoms with Gasteiger partial charge in [0.1, 0.15) is 0 Å². The number of benzene rings is 2. The minimum Gasteiger partial charge on any atom is -0.337 e. The SMILES string of the molecule is O=C(CN1CCN(c2nnnn2-c2ccccc2)CC1)N1CCc2ccccc21. The summed E-state index contributed by atoms with van der Waals surface area (Å²) in [6, 6.07) is 18.1. The third-order valence-electron chi connectivity index (χ3n) is 5.66. The first-order chi connectivity index (χ1) is 14.3. The predicted molar refractivity (Wildman–Crippen MR) is 110 cm³/mol. The molecule has 0 N–H and O–H groups in total. The van der Waals surface area contributed by atoms with Crippen LogP contribution >= 0.6 is 0 Å². The second-order valence-corrected chi connectivity index (χ2v) is 7.41. The number of hydrogen-bond acceptors (Lipinski definition) is 6. The largest absolute Gasteiger partial charge is 0.337 e. The summed E-state index contributed by atoms with van der Waals surface area (Å²) in [7, 11) is 0. The number of rotatable bonds is 4. The van der Waals surface area contributed by atoms with E-state index < -0.39 is 0 Å². The van der Waals surface area contributed by atoms with E-state index in [1.165, 1.54) is 5.56 Å². The molecular weight excluding hydrogens is 366 g/mol. The van der Waals surface area contributed by atoms with E-state index in [0.717, 1.165) is 56.5 Å². The molecule has 2 aromatic carbocycles. The van der Waals surface area contributed by atoms with Crippen LogP contribution in [0.25, 0.3) is 5.69 Å². The number of hydrogen-bond donors (Lipinski definition) is 0. The quantitative estimate of drug-likeness (QED) is 0.671. The number of piperazine rings is 1. The number of anilines is 2. The van der Waals surface area contributed by atoms with Gasteiger partial charge in [0.2, 0.25) is 11.9 Å². The highest BCUT2D eigenvalue weighted by molar-refractivity contribution is 5.96. The van der Waals surface area contributed by atoms with Gasteiger partial charge in [0.05, 0.1) is 12.2 Å². The molecule has 148 valence electrons. The molecule has 0 unspecified atom stereocenters. The van der Waals surface area contributed by atoms with Crippen LogP contribution in [0.2, 0.25) is 0 Å². The molecule has 0 spiro atoms. The normalized spacial score (nSPS) is 16.8. The topological polar surface area (TPSA) is 70.4 Å². The summed E-state index contributed by atoms with van der Waals surface area (Å²) >= 11 is 0. The summed E-state index contributed by atoms with van der Waals surface area (Å²) in [5.74, 6) is 0.924. The standard InChI is InChI=1S/C21H23N7O/c29-20(27-11-10-17-6-4-5-9-19(17)27)16-25-12-14-26(15-13-25)21-22-23-24-28(21)18-7-2-1-3-8-18/h1-9H,10-16H2. The molecule has 2 aliphatic heterocycles. The number of amides is 1. The van der Waals surface area contributed by atoms with Crippen LogP contribution in [0.1, 0.15) is 5.56 Å². The number of para-hydroxylation sites is 2. The third kappa shape index (κ3) is 3.47. The Kier molecular flexibility index (Phi) is 4.69. The number of tetrazole rings is 1. The number of carbonyl (C=O) groups excluding carboxylic acids is 1. The van der Waals surface area contributed by atoms with Gasteiger partial charge in [-0.05, 0) is 40.6 Å². The zero-order valence-corrected chi connectivity index (χ0v) is 16.2. The van der Waals surface area contributed by atoms with E-state index in [1.807, 2.05) is 53.4 Å². The van der Waals surface area contributed by atoms with Crippen LogP contribution in [-0.2, 0) is 11.2 Å². The van der Waals surface area contributed by atoms with Gasteiger partial charge in [-0.1, -0.05) is 41.5 Å². The molecule has 3 heterocycles. The molecule has 3 aromatic rings. The average molecular weight is 389 g/mol. The monoisotopic (exact) mass is 389 g/mol. The fourth-order valence-electron chi connectivity index (χ4n) is 4.10. The Morgan fingerprint density at radius 3 is 2.48 bits per heavy atom. The van der Waals surface area contributed by atoms with Crippen molar-refractivity contribution >= 4 is 17.5 Å². The van der Waals surface area contributed by atoms with E-state index in [1.54, 1.807) is 4.68 Å². The Morgan fingerprint density at radius 1 is 0.897 bits per heavy atom. The lowest BCUT2D eigenvalue weighted by Gasteiger charge is -2.35. The van der Waals surface area contributed by atoms with Crippen molar-refractivity contribution in [2.75, 3.05) is 49.1 Å². The molecule has 8 heteroatoms. The number of aromatic nitrogens is 4. The molecule has 1 fully saturated rings. The summed E-state index contributed by atoms with van der Waals surface area (Å²) in [6.45, 7) is 4.43. The first kappa shape index (κ1) is 17.8. The zero-order chi connectivity index (χ0) is 19.6. The van der Waals surface area contributed by atoms with Crippen molar-refractivity contribution < 1.29 is 4.79 Å². The lowest BCUT2D eigenvalue weighted by atomic mass is 10.2. The summed E-state index contributed by atoms with van der Waals surface area (Å²) in [4.78, 5) is 19.2. The highest BCUT2D eigenvalue weighted by Crippen LogP contribution is 2.27. The lowest BCUT2D eigenvalue weighted by molar-refractivity contribution is -0.119. The first-order valence-corrected chi connectivity index (χ1v) is 9.99. The predicted octanol–water partition coefficient (Wildman–Crippen LogP) is 1.37. The summed E-state index contributed by atoms with van der Waals surface area (Å²) in [5, 5.41) is 12.2. The second kappa shape index (κ2) is 7.63. The van der Waals surface area contributed by atoms with Crippen molar-refractivity contribution in [3.8, 4) is 5.69 Å². The molecule has 1 amide bonds. The molecule has 0 radical (unpaired) electrons. The van der Waals surface area contributed by atoms with Gasteiger partial charge in [0.15, 0.2) is 0 Å². The van der Waals surface area contributed by atoms with Gasteiger partial charge in [0.25, 0.3) is 0 Å². The minimum atomic E-state index is 0.178. The summed E-state index contributed by atoms with van der Waals surface area (Å²) < 4.78 is 1.77. The fourth-order valence-corrected chi connectivity index (χ4v) is 4.10. The number of nitrogens with zero attached hydrogens (tertiary/aromatic N) is 7. The molecule has 1 saturated heterocycles.